The van der Waals surface area contributed by atoms with Crippen molar-refractivity contribution in [2.24, 2.45) is 7.05 Å². The van der Waals surface area contributed by atoms with Crippen molar-refractivity contribution in [1.82, 2.24) is 9.55 Å². The van der Waals surface area contributed by atoms with Gasteiger partial charge in [-0.2, -0.15) is 5.26 Å². The summed E-state index contributed by atoms with van der Waals surface area (Å²) in [4.78, 5) is 4.36. The molecule has 1 aromatic heterocycles. The first-order valence-electron chi connectivity index (χ1n) is 4.93. The van der Waals surface area contributed by atoms with Gasteiger partial charge in [0.25, 0.3) is 0 Å². The molecule has 0 saturated heterocycles. The van der Waals surface area contributed by atoms with Crippen molar-refractivity contribution in [1.29, 1.82) is 5.26 Å². The first-order valence-corrected chi connectivity index (χ1v) is 5.69. The lowest BCUT2D eigenvalue weighted by atomic mass is 10.2. The second kappa shape index (κ2) is 4.40. The van der Waals surface area contributed by atoms with E-state index in [1.165, 1.54) is 0 Å². The molecule has 0 amide bonds. The molecule has 0 radical (unpaired) electrons. The molecule has 0 aliphatic heterocycles. The van der Waals surface area contributed by atoms with Gasteiger partial charge in [-0.1, -0.05) is 23.2 Å². The standard InChI is InChI=1S/C12H9Cl2N3/c1-7-11(6-15)17(2)12(16-7)8-3-4-9(13)10(14)5-8/h3-5H,1-2H3. The van der Waals surface area contributed by atoms with Crippen molar-refractivity contribution in [3.8, 4) is 17.5 Å². The van der Waals surface area contributed by atoms with Gasteiger partial charge in [0.05, 0.1) is 15.7 Å². The van der Waals surface area contributed by atoms with Crippen molar-refractivity contribution < 1.29 is 0 Å². The lowest BCUT2D eigenvalue weighted by molar-refractivity contribution is 0.906. The highest BCUT2D eigenvalue weighted by Gasteiger charge is 2.13. The van der Waals surface area contributed by atoms with Crippen molar-refractivity contribution in [3.63, 3.8) is 0 Å². The summed E-state index contributed by atoms with van der Waals surface area (Å²) in [5, 5.41) is 9.98. The Balaban J connectivity index is 2.62. The highest BCUT2D eigenvalue weighted by Crippen LogP contribution is 2.28. The number of hydrogen-bond donors (Lipinski definition) is 0. The molecule has 17 heavy (non-hydrogen) atoms. The predicted octanol–water partition coefficient (Wildman–Crippen LogP) is 3.57. The number of nitrogens with zero attached hydrogens (tertiary/aromatic N) is 3. The van der Waals surface area contributed by atoms with Gasteiger partial charge >= 0.3 is 0 Å². The second-order valence-corrected chi connectivity index (χ2v) is 4.48. The zero-order chi connectivity index (χ0) is 12.6. The van der Waals surface area contributed by atoms with Gasteiger partial charge in [-0.25, -0.2) is 4.98 Å². The molecular weight excluding hydrogens is 257 g/mol. The fourth-order valence-corrected chi connectivity index (χ4v) is 1.98. The van der Waals surface area contributed by atoms with Gasteiger partial charge in [-0.3, -0.25) is 0 Å². The van der Waals surface area contributed by atoms with E-state index in [0.29, 0.717) is 27.3 Å². The van der Waals surface area contributed by atoms with E-state index in [1.807, 2.05) is 6.07 Å². The Morgan fingerprint density at radius 1 is 1.29 bits per heavy atom. The Hall–Kier alpha value is -1.50. The third-order valence-electron chi connectivity index (χ3n) is 2.55. The highest BCUT2D eigenvalue weighted by atomic mass is 35.5. The fraction of sp³-hybridized carbons (Fsp3) is 0.167. The van der Waals surface area contributed by atoms with Gasteiger partial charge in [0.15, 0.2) is 0 Å². The average molecular weight is 266 g/mol. The van der Waals surface area contributed by atoms with Crippen LogP contribution in [0.3, 0.4) is 0 Å². The molecule has 0 atom stereocenters. The van der Waals surface area contributed by atoms with Crippen molar-refractivity contribution in [2.45, 2.75) is 6.92 Å². The largest absolute Gasteiger partial charge is 0.319 e. The smallest absolute Gasteiger partial charge is 0.143 e. The topological polar surface area (TPSA) is 41.6 Å². The Bertz CT molecular complexity index is 623. The van der Waals surface area contributed by atoms with Crippen LogP contribution in [0.25, 0.3) is 11.4 Å². The van der Waals surface area contributed by atoms with Gasteiger partial charge in [0.1, 0.15) is 17.6 Å². The number of aryl methyl sites for hydroxylation is 1. The third-order valence-corrected chi connectivity index (χ3v) is 3.29. The molecule has 1 heterocycles. The first-order chi connectivity index (χ1) is 8.04. The van der Waals surface area contributed by atoms with Gasteiger partial charge in [0.2, 0.25) is 0 Å². The monoisotopic (exact) mass is 265 g/mol. The number of imidazole rings is 1. The maximum atomic E-state index is 9.00. The summed E-state index contributed by atoms with van der Waals surface area (Å²) in [5.74, 6) is 0.706. The summed E-state index contributed by atoms with van der Waals surface area (Å²) in [7, 11) is 1.80. The quantitative estimate of drug-likeness (QED) is 0.791. The minimum Gasteiger partial charge on any atom is -0.319 e. The van der Waals surface area contributed by atoms with Crippen LogP contribution in [0.2, 0.25) is 10.0 Å². The summed E-state index contributed by atoms with van der Waals surface area (Å²) >= 11 is 11.8. The van der Waals surface area contributed by atoms with E-state index in [1.54, 1.807) is 30.7 Å². The third kappa shape index (κ3) is 2.02. The summed E-state index contributed by atoms with van der Waals surface area (Å²) in [6.45, 7) is 1.81. The van der Waals surface area contributed by atoms with E-state index in [0.717, 1.165) is 5.56 Å². The van der Waals surface area contributed by atoms with E-state index >= 15 is 0 Å². The van der Waals surface area contributed by atoms with Crippen molar-refractivity contribution in [3.05, 3.63) is 39.6 Å². The second-order valence-electron chi connectivity index (χ2n) is 3.67. The van der Waals surface area contributed by atoms with Crippen molar-refractivity contribution >= 4 is 23.2 Å². The molecule has 86 valence electrons. The molecule has 1 aromatic carbocycles. The molecular formula is C12H9Cl2N3. The summed E-state index contributed by atoms with van der Waals surface area (Å²) in [6, 6.07) is 7.41. The summed E-state index contributed by atoms with van der Waals surface area (Å²) < 4.78 is 1.74. The predicted molar refractivity (Wildman–Crippen MR) is 68.1 cm³/mol. The summed E-state index contributed by atoms with van der Waals surface area (Å²) in [5.41, 5.74) is 2.09. The number of hydrogen-bond acceptors (Lipinski definition) is 2. The number of benzene rings is 1. The van der Waals surface area contributed by atoms with Crippen LogP contribution in [-0.2, 0) is 7.05 Å². The molecule has 0 spiro atoms. The Kier molecular flexibility index (Phi) is 3.10. The number of nitriles is 1. The van der Waals surface area contributed by atoms with Gasteiger partial charge < -0.3 is 4.57 Å². The molecule has 0 N–H and O–H groups in total. The van der Waals surface area contributed by atoms with Crippen molar-refractivity contribution in [2.75, 3.05) is 0 Å². The Morgan fingerprint density at radius 3 is 2.53 bits per heavy atom. The SMILES string of the molecule is Cc1nc(-c2ccc(Cl)c(Cl)c2)n(C)c1C#N. The first kappa shape index (κ1) is 12.0. The molecule has 0 saturated carbocycles. The zero-order valence-corrected chi connectivity index (χ0v) is 10.8. The van der Waals surface area contributed by atoms with Crippen LogP contribution in [-0.4, -0.2) is 9.55 Å². The number of halogens is 2. The summed E-state index contributed by atoms with van der Waals surface area (Å²) in [6.07, 6.45) is 0. The van der Waals surface area contributed by atoms with Gasteiger partial charge in [0, 0.05) is 12.6 Å². The van der Waals surface area contributed by atoms with Crippen LogP contribution in [0.4, 0.5) is 0 Å². The fourth-order valence-electron chi connectivity index (χ4n) is 1.68. The average Bonchev–Trinajstić information content (AvgIpc) is 2.58. The normalized spacial score (nSPS) is 10.3. The van der Waals surface area contributed by atoms with E-state index in [2.05, 4.69) is 11.1 Å². The molecule has 0 bridgehead atoms. The van der Waals surface area contributed by atoms with Gasteiger partial charge in [-0.15, -0.1) is 0 Å². The molecule has 0 aliphatic carbocycles. The molecule has 0 aliphatic rings. The molecule has 0 unspecified atom stereocenters. The Labute approximate surface area is 109 Å². The zero-order valence-electron chi connectivity index (χ0n) is 9.33. The molecule has 5 heteroatoms. The van der Waals surface area contributed by atoms with Crippen LogP contribution in [0.15, 0.2) is 18.2 Å². The van der Waals surface area contributed by atoms with Crippen LogP contribution in [0.5, 0.6) is 0 Å². The lowest BCUT2D eigenvalue weighted by Gasteiger charge is -2.03. The van der Waals surface area contributed by atoms with Crippen LogP contribution in [0.1, 0.15) is 11.4 Å². The van der Waals surface area contributed by atoms with Crippen LogP contribution in [0, 0.1) is 18.3 Å². The van der Waals surface area contributed by atoms with E-state index in [9.17, 15) is 0 Å². The maximum absolute atomic E-state index is 9.00. The molecule has 0 fully saturated rings. The van der Waals surface area contributed by atoms with Crippen LogP contribution >= 0.6 is 23.2 Å². The van der Waals surface area contributed by atoms with E-state index in [-0.39, 0.29) is 0 Å². The highest BCUT2D eigenvalue weighted by molar-refractivity contribution is 6.42. The maximum Gasteiger partial charge on any atom is 0.143 e. The number of aromatic nitrogens is 2. The minimum atomic E-state index is 0.475. The van der Waals surface area contributed by atoms with Gasteiger partial charge in [-0.05, 0) is 25.1 Å². The molecule has 2 rings (SSSR count). The minimum absolute atomic E-state index is 0.475. The van der Waals surface area contributed by atoms with E-state index < -0.39 is 0 Å². The molecule has 2 aromatic rings. The Morgan fingerprint density at radius 2 is 2.00 bits per heavy atom. The van der Waals surface area contributed by atoms with Crippen LogP contribution < -0.4 is 0 Å². The molecule has 3 nitrogen and oxygen atoms in total. The van der Waals surface area contributed by atoms with E-state index in [4.69, 9.17) is 28.5 Å². The lowest BCUT2D eigenvalue weighted by Crippen LogP contribution is -1.95. The number of rotatable bonds is 1.